The van der Waals surface area contributed by atoms with Crippen LogP contribution in [0.25, 0.3) is 0 Å². The van der Waals surface area contributed by atoms with Gasteiger partial charge < -0.3 is 4.42 Å². The highest BCUT2D eigenvalue weighted by Crippen LogP contribution is 2.31. The summed E-state index contributed by atoms with van der Waals surface area (Å²) in [6, 6.07) is 9.65. The van der Waals surface area contributed by atoms with Crippen LogP contribution in [0.5, 0.6) is 0 Å². The number of furan rings is 1. The first-order valence-electron chi connectivity index (χ1n) is 8.04. The van der Waals surface area contributed by atoms with Crippen LogP contribution in [0.15, 0.2) is 57.3 Å². The molecule has 3 rings (SSSR count). The Balaban J connectivity index is 1.79. The second-order valence-corrected chi connectivity index (χ2v) is 6.76. The molecule has 2 heterocycles. The average Bonchev–Trinajstić information content (AvgIpc) is 3.21. The lowest BCUT2D eigenvalue weighted by Crippen LogP contribution is -2.31. The first-order chi connectivity index (χ1) is 12.2. The molecule has 1 fully saturated rings. The Morgan fingerprint density at radius 2 is 2.12 bits per heavy atom. The third-order valence-electron chi connectivity index (χ3n) is 3.70. The van der Waals surface area contributed by atoms with Crippen molar-refractivity contribution in [2.24, 2.45) is 10.2 Å². The minimum atomic E-state index is -0.299. The fourth-order valence-corrected chi connectivity index (χ4v) is 3.66. The van der Waals surface area contributed by atoms with E-state index in [1.807, 2.05) is 6.92 Å². The van der Waals surface area contributed by atoms with Crippen molar-refractivity contribution in [1.82, 2.24) is 4.90 Å². The van der Waals surface area contributed by atoms with Gasteiger partial charge in [0.25, 0.3) is 0 Å². The lowest BCUT2D eigenvalue weighted by molar-refractivity contribution is -0.126. The molecule has 5 nitrogen and oxygen atoms in total. The van der Waals surface area contributed by atoms with Gasteiger partial charge in [-0.2, -0.15) is 5.10 Å². The van der Waals surface area contributed by atoms with Gasteiger partial charge in [-0.1, -0.05) is 37.2 Å². The van der Waals surface area contributed by atoms with Gasteiger partial charge in [0.15, 0.2) is 5.17 Å². The van der Waals surface area contributed by atoms with E-state index in [9.17, 15) is 9.18 Å². The van der Waals surface area contributed by atoms with Crippen molar-refractivity contribution in [3.63, 3.8) is 0 Å². The minimum Gasteiger partial charge on any atom is -0.463 e. The lowest BCUT2D eigenvalue weighted by atomic mass is 10.2. The van der Waals surface area contributed by atoms with E-state index in [2.05, 4.69) is 10.2 Å². The Morgan fingerprint density at radius 3 is 2.80 bits per heavy atom. The SMILES string of the molecule is CCCC1SC(=NN=Cc2ccco2)N(Cc2ccc(F)cc2)C1=O. The highest BCUT2D eigenvalue weighted by molar-refractivity contribution is 8.15. The van der Waals surface area contributed by atoms with Crippen molar-refractivity contribution in [2.75, 3.05) is 0 Å². The molecule has 25 heavy (non-hydrogen) atoms. The minimum absolute atomic E-state index is 0.0168. The Bertz CT molecular complexity index is 772. The molecule has 1 unspecified atom stereocenters. The monoisotopic (exact) mass is 359 g/mol. The van der Waals surface area contributed by atoms with Crippen molar-refractivity contribution in [3.8, 4) is 0 Å². The number of rotatable bonds is 6. The number of amidine groups is 1. The van der Waals surface area contributed by atoms with Gasteiger partial charge in [0.1, 0.15) is 11.6 Å². The molecule has 1 aliphatic heterocycles. The van der Waals surface area contributed by atoms with E-state index in [4.69, 9.17) is 4.42 Å². The molecule has 1 atom stereocenters. The zero-order valence-electron chi connectivity index (χ0n) is 13.8. The number of halogens is 1. The molecule has 7 heteroatoms. The molecule has 1 saturated heterocycles. The maximum Gasteiger partial charge on any atom is 0.242 e. The van der Waals surface area contributed by atoms with Crippen LogP contribution < -0.4 is 0 Å². The number of carbonyl (C=O) groups is 1. The van der Waals surface area contributed by atoms with E-state index in [1.54, 1.807) is 35.4 Å². The van der Waals surface area contributed by atoms with E-state index >= 15 is 0 Å². The smallest absolute Gasteiger partial charge is 0.242 e. The normalized spacial score (nSPS) is 19.4. The fraction of sp³-hybridized carbons (Fsp3) is 0.278. The van der Waals surface area contributed by atoms with Gasteiger partial charge >= 0.3 is 0 Å². The summed E-state index contributed by atoms with van der Waals surface area (Å²) < 4.78 is 18.3. The van der Waals surface area contributed by atoms with Crippen LogP contribution in [-0.4, -0.2) is 27.4 Å². The molecular weight excluding hydrogens is 341 g/mol. The predicted molar refractivity (Wildman–Crippen MR) is 97.0 cm³/mol. The highest BCUT2D eigenvalue weighted by Gasteiger charge is 2.37. The molecule has 1 aromatic carbocycles. The molecule has 0 bridgehead atoms. The number of thioether (sulfide) groups is 1. The Morgan fingerprint density at radius 1 is 1.32 bits per heavy atom. The maximum absolute atomic E-state index is 13.1. The summed E-state index contributed by atoms with van der Waals surface area (Å²) in [5.74, 6) is 0.309. The van der Waals surface area contributed by atoms with E-state index in [0.717, 1.165) is 18.4 Å². The van der Waals surface area contributed by atoms with Crippen LogP contribution >= 0.6 is 11.8 Å². The van der Waals surface area contributed by atoms with Gasteiger partial charge in [-0.25, -0.2) is 4.39 Å². The zero-order chi connectivity index (χ0) is 17.6. The quantitative estimate of drug-likeness (QED) is 0.577. The molecule has 1 aliphatic rings. The first-order valence-corrected chi connectivity index (χ1v) is 8.92. The van der Waals surface area contributed by atoms with Gasteiger partial charge in [0, 0.05) is 0 Å². The molecule has 0 radical (unpaired) electrons. The summed E-state index contributed by atoms with van der Waals surface area (Å²) in [7, 11) is 0. The second-order valence-electron chi connectivity index (χ2n) is 5.59. The van der Waals surface area contributed by atoms with Crippen LogP contribution in [0.1, 0.15) is 31.1 Å². The van der Waals surface area contributed by atoms with Gasteiger partial charge in [-0.15, -0.1) is 5.10 Å². The topological polar surface area (TPSA) is 58.2 Å². The standard InChI is InChI=1S/C18H18FN3O2S/c1-2-4-16-17(23)22(12-13-6-8-14(19)9-7-13)18(25-16)21-20-11-15-5-3-10-24-15/h3,5-11,16H,2,4,12H2,1H3. The number of carbonyl (C=O) groups excluding carboxylic acids is 1. The van der Waals surface area contributed by atoms with Crippen LogP contribution in [0.2, 0.25) is 0 Å². The molecule has 0 N–H and O–H groups in total. The molecule has 0 saturated carbocycles. The zero-order valence-corrected chi connectivity index (χ0v) is 14.6. The summed E-state index contributed by atoms with van der Waals surface area (Å²) in [6.45, 7) is 2.39. The Labute approximate surface area is 149 Å². The van der Waals surface area contributed by atoms with E-state index < -0.39 is 0 Å². The highest BCUT2D eigenvalue weighted by atomic mass is 32.2. The average molecular weight is 359 g/mol. The van der Waals surface area contributed by atoms with Crippen molar-refractivity contribution in [1.29, 1.82) is 0 Å². The summed E-state index contributed by atoms with van der Waals surface area (Å²) in [6.07, 6.45) is 4.75. The summed E-state index contributed by atoms with van der Waals surface area (Å²) in [4.78, 5) is 14.3. The second kappa shape index (κ2) is 8.11. The van der Waals surface area contributed by atoms with Crippen LogP contribution in [0, 0.1) is 5.82 Å². The van der Waals surface area contributed by atoms with Crippen LogP contribution in [-0.2, 0) is 11.3 Å². The summed E-state index contributed by atoms with van der Waals surface area (Å²) in [5.41, 5.74) is 0.843. The maximum atomic E-state index is 13.1. The lowest BCUT2D eigenvalue weighted by Gasteiger charge is -2.15. The number of nitrogens with zero attached hydrogens (tertiary/aromatic N) is 3. The molecule has 130 valence electrons. The summed E-state index contributed by atoms with van der Waals surface area (Å²) in [5, 5.41) is 8.62. The first kappa shape index (κ1) is 17.4. The Kier molecular flexibility index (Phi) is 5.65. The van der Waals surface area contributed by atoms with E-state index in [0.29, 0.717) is 17.5 Å². The van der Waals surface area contributed by atoms with Crippen LogP contribution in [0.3, 0.4) is 0 Å². The molecule has 0 spiro atoms. The van der Waals surface area contributed by atoms with Crippen LogP contribution in [0.4, 0.5) is 4.39 Å². The van der Waals surface area contributed by atoms with Gasteiger partial charge in [-0.05, 0) is 36.2 Å². The third kappa shape index (κ3) is 4.36. The van der Waals surface area contributed by atoms with Crippen molar-refractivity contribution in [3.05, 3.63) is 59.8 Å². The largest absolute Gasteiger partial charge is 0.463 e. The fourth-order valence-electron chi connectivity index (χ4n) is 2.45. The van der Waals surface area contributed by atoms with Crippen molar-refractivity contribution in [2.45, 2.75) is 31.6 Å². The summed E-state index contributed by atoms with van der Waals surface area (Å²) >= 11 is 1.42. The van der Waals surface area contributed by atoms with Crippen molar-refractivity contribution >= 4 is 29.1 Å². The molecule has 1 amide bonds. The Hall–Kier alpha value is -2.41. The molecule has 1 aromatic heterocycles. The number of hydrogen-bond donors (Lipinski definition) is 0. The van der Waals surface area contributed by atoms with E-state index in [-0.39, 0.29) is 17.0 Å². The van der Waals surface area contributed by atoms with Gasteiger partial charge in [-0.3, -0.25) is 9.69 Å². The van der Waals surface area contributed by atoms with Crippen molar-refractivity contribution < 1.29 is 13.6 Å². The predicted octanol–water partition coefficient (Wildman–Crippen LogP) is 4.05. The number of hydrogen-bond acceptors (Lipinski definition) is 5. The number of benzene rings is 1. The number of amides is 1. The molecule has 2 aromatic rings. The van der Waals surface area contributed by atoms with E-state index in [1.165, 1.54) is 30.1 Å². The third-order valence-corrected chi connectivity index (χ3v) is 4.93. The van der Waals surface area contributed by atoms with Gasteiger partial charge in [0.05, 0.1) is 24.3 Å². The molecule has 0 aliphatic carbocycles. The molecular formula is C18H18FN3O2S. The van der Waals surface area contributed by atoms with Gasteiger partial charge in [0.2, 0.25) is 5.91 Å².